The number of hydrogen-bond acceptors (Lipinski definition) is 3. The number of pyridine rings is 1. The normalized spacial score (nSPS) is 10.8. The van der Waals surface area contributed by atoms with Gasteiger partial charge in [-0.1, -0.05) is 41.9 Å². The molecular formula is C16H20ClN3. The van der Waals surface area contributed by atoms with Crippen molar-refractivity contribution in [2.24, 2.45) is 0 Å². The van der Waals surface area contributed by atoms with E-state index in [2.05, 4.69) is 46.5 Å². The first kappa shape index (κ1) is 14.8. The predicted octanol–water partition coefficient (Wildman–Crippen LogP) is 3.67. The van der Waals surface area contributed by atoms with Crippen LogP contribution >= 0.6 is 11.6 Å². The second-order valence-corrected chi connectivity index (χ2v) is 5.26. The average molecular weight is 290 g/mol. The summed E-state index contributed by atoms with van der Waals surface area (Å²) in [6.45, 7) is 2.97. The SMILES string of the molecule is CN(CCCNc1ccnc(Cl)c1)Cc1ccccc1. The lowest BCUT2D eigenvalue weighted by Crippen LogP contribution is -2.21. The van der Waals surface area contributed by atoms with Gasteiger partial charge in [-0.15, -0.1) is 0 Å². The predicted molar refractivity (Wildman–Crippen MR) is 85.1 cm³/mol. The van der Waals surface area contributed by atoms with Crippen molar-refractivity contribution >= 4 is 17.3 Å². The maximum Gasteiger partial charge on any atom is 0.131 e. The average Bonchev–Trinajstić information content (AvgIpc) is 2.45. The van der Waals surface area contributed by atoms with E-state index in [-0.39, 0.29) is 0 Å². The third kappa shape index (κ3) is 5.19. The first-order valence-electron chi connectivity index (χ1n) is 6.82. The van der Waals surface area contributed by atoms with Crippen LogP contribution in [0.15, 0.2) is 48.7 Å². The van der Waals surface area contributed by atoms with Crippen molar-refractivity contribution in [1.29, 1.82) is 0 Å². The molecule has 0 radical (unpaired) electrons. The molecule has 0 aliphatic heterocycles. The van der Waals surface area contributed by atoms with Gasteiger partial charge in [-0.2, -0.15) is 0 Å². The van der Waals surface area contributed by atoms with Gasteiger partial charge >= 0.3 is 0 Å². The molecule has 0 aliphatic carbocycles. The van der Waals surface area contributed by atoms with Crippen LogP contribution in [-0.4, -0.2) is 30.0 Å². The lowest BCUT2D eigenvalue weighted by Gasteiger charge is -2.17. The van der Waals surface area contributed by atoms with Crippen molar-refractivity contribution in [1.82, 2.24) is 9.88 Å². The van der Waals surface area contributed by atoms with E-state index >= 15 is 0 Å². The molecule has 20 heavy (non-hydrogen) atoms. The molecular weight excluding hydrogens is 270 g/mol. The minimum atomic E-state index is 0.524. The van der Waals surface area contributed by atoms with Gasteiger partial charge in [0.05, 0.1) is 0 Å². The molecule has 0 unspecified atom stereocenters. The molecule has 2 rings (SSSR count). The number of benzene rings is 1. The van der Waals surface area contributed by atoms with Crippen LogP contribution in [0.4, 0.5) is 5.69 Å². The molecule has 106 valence electrons. The summed E-state index contributed by atoms with van der Waals surface area (Å²) in [5.41, 5.74) is 2.37. The molecule has 0 bridgehead atoms. The van der Waals surface area contributed by atoms with Crippen molar-refractivity contribution in [3.8, 4) is 0 Å². The van der Waals surface area contributed by atoms with Gasteiger partial charge in [-0.3, -0.25) is 0 Å². The Kier molecular flexibility index (Phi) is 5.84. The van der Waals surface area contributed by atoms with Gasteiger partial charge in [0.1, 0.15) is 5.15 Å². The Bertz CT molecular complexity index is 516. The summed E-state index contributed by atoms with van der Waals surface area (Å²) in [5.74, 6) is 0. The van der Waals surface area contributed by atoms with Crippen LogP contribution in [0.3, 0.4) is 0 Å². The largest absolute Gasteiger partial charge is 0.385 e. The molecule has 2 aromatic rings. The highest BCUT2D eigenvalue weighted by molar-refractivity contribution is 6.29. The Morgan fingerprint density at radius 2 is 2.00 bits per heavy atom. The molecule has 0 saturated heterocycles. The lowest BCUT2D eigenvalue weighted by atomic mass is 10.2. The topological polar surface area (TPSA) is 28.2 Å². The Labute approximate surface area is 125 Å². The highest BCUT2D eigenvalue weighted by Crippen LogP contribution is 2.11. The smallest absolute Gasteiger partial charge is 0.131 e. The number of nitrogens with zero attached hydrogens (tertiary/aromatic N) is 2. The second-order valence-electron chi connectivity index (χ2n) is 4.87. The van der Waals surface area contributed by atoms with Gasteiger partial charge in [-0.05, 0) is 37.7 Å². The number of halogens is 1. The van der Waals surface area contributed by atoms with Crippen molar-refractivity contribution in [2.45, 2.75) is 13.0 Å². The summed E-state index contributed by atoms with van der Waals surface area (Å²) in [6.07, 6.45) is 2.80. The fourth-order valence-electron chi connectivity index (χ4n) is 2.07. The molecule has 0 spiro atoms. The summed E-state index contributed by atoms with van der Waals surface area (Å²) in [7, 11) is 2.15. The highest BCUT2D eigenvalue weighted by Gasteiger charge is 2.00. The number of anilines is 1. The monoisotopic (exact) mass is 289 g/mol. The summed E-state index contributed by atoms with van der Waals surface area (Å²) < 4.78 is 0. The van der Waals surface area contributed by atoms with E-state index in [9.17, 15) is 0 Å². The van der Waals surface area contributed by atoms with E-state index in [1.165, 1.54) is 5.56 Å². The van der Waals surface area contributed by atoms with Crippen LogP contribution < -0.4 is 5.32 Å². The van der Waals surface area contributed by atoms with Gasteiger partial charge in [0.15, 0.2) is 0 Å². The highest BCUT2D eigenvalue weighted by atomic mass is 35.5. The van der Waals surface area contributed by atoms with Crippen LogP contribution in [0.5, 0.6) is 0 Å². The number of rotatable bonds is 7. The third-order valence-corrected chi connectivity index (χ3v) is 3.27. The molecule has 0 saturated carbocycles. The quantitative estimate of drug-likeness (QED) is 0.623. The Morgan fingerprint density at radius 3 is 2.75 bits per heavy atom. The summed E-state index contributed by atoms with van der Waals surface area (Å²) in [6, 6.07) is 14.3. The zero-order chi connectivity index (χ0) is 14.2. The molecule has 1 N–H and O–H groups in total. The lowest BCUT2D eigenvalue weighted by molar-refractivity contribution is 0.325. The Morgan fingerprint density at radius 1 is 1.20 bits per heavy atom. The summed E-state index contributed by atoms with van der Waals surface area (Å²) in [5, 5.41) is 3.88. The van der Waals surface area contributed by atoms with E-state index in [4.69, 9.17) is 11.6 Å². The first-order chi connectivity index (χ1) is 9.74. The van der Waals surface area contributed by atoms with E-state index in [0.29, 0.717) is 5.15 Å². The molecule has 0 atom stereocenters. The third-order valence-electron chi connectivity index (χ3n) is 3.07. The van der Waals surface area contributed by atoms with Gasteiger partial charge in [-0.25, -0.2) is 4.98 Å². The molecule has 1 aromatic carbocycles. The Balaban J connectivity index is 1.66. The van der Waals surface area contributed by atoms with Gasteiger partial charge in [0, 0.05) is 25.0 Å². The first-order valence-corrected chi connectivity index (χ1v) is 7.20. The number of nitrogens with one attached hydrogen (secondary N) is 1. The van der Waals surface area contributed by atoms with E-state index < -0.39 is 0 Å². The van der Waals surface area contributed by atoms with Gasteiger partial charge in [0.2, 0.25) is 0 Å². The van der Waals surface area contributed by atoms with Crippen LogP contribution in [0.25, 0.3) is 0 Å². The van der Waals surface area contributed by atoms with Crippen molar-refractivity contribution < 1.29 is 0 Å². The number of aromatic nitrogens is 1. The standard InChI is InChI=1S/C16H20ClN3/c1-20(13-14-6-3-2-4-7-14)11-5-9-18-15-8-10-19-16(17)12-15/h2-4,6-8,10,12H,5,9,11,13H2,1H3,(H,18,19). The minimum absolute atomic E-state index is 0.524. The van der Waals surface area contributed by atoms with Crippen LogP contribution in [0, 0.1) is 0 Å². The summed E-state index contributed by atoms with van der Waals surface area (Å²) >= 11 is 5.84. The molecule has 1 aromatic heterocycles. The Hall–Kier alpha value is -1.58. The van der Waals surface area contributed by atoms with Crippen molar-refractivity contribution in [3.05, 3.63) is 59.4 Å². The molecule has 1 heterocycles. The molecule has 0 aliphatic rings. The van der Waals surface area contributed by atoms with Crippen LogP contribution in [0.2, 0.25) is 5.15 Å². The van der Waals surface area contributed by atoms with Crippen molar-refractivity contribution in [2.75, 3.05) is 25.5 Å². The molecule has 3 nitrogen and oxygen atoms in total. The zero-order valence-electron chi connectivity index (χ0n) is 11.7. The maximum atomic E-state index is 5.84. The van der Waals surface area contributed by atoms with E-state index in [1.54, 1.807) is 6.20 Å². The van der Waals surface area contributed by atoms with Gasteiger partial charge in [0.25, 0.3) is 0 Å². The fourth-order valence-corrected chi connectivity index (χ4v) is 2.24. The molecule has 0 amide bonds. The van der Waals surface area contributed by atoms with E-state index in [0.717, 1.165) is 31.7 Å². The van der Waals surface area contributed by atoms with Gasteiger partial charge < -0.3 is 10.2 Å². The second kappa shape index (κ2) is 7.88. The van der Waals surface area contributed by atoms with E-state index in [1.807, 2.05) is 18.2 Å². The molecule has 0 fully saturated rings. The number of hydrogen-bond donors (Lipinski definition) is 1. The van der Waals surface area contributed by atoms with Crippen LogP contribution in [0.1, 0.15) is 12.0 Å². The van der Waals surface area contributed by atoms with Crippen LogP contribution in [-0.2, 0) is 6.54 Å². The minimum Gasteiger partial charge on any atom is -0.385 e. The fraction of sp³-hybridized carbons (Fsp3) is 0.312. The zero-order valence-corrected chi connectivity index (χ0v) is 12.5. The maximum absolute atomic E-state index is 5.84. The summed E-state index contributed by atoms with van der Waals surface area (Å²) in [4.78, 5) is 6.29. The van der Waals surface area contributed by atoms with Crippen molar-refractivity contribution in [3.63, 3.8) is 0 Å². The molecule has 4 heteroatoms.